The molecular weight excluding hydrogens is 394 g/mol. The number of fused-ring (bicyclic) bond motifs is 1. The van der Waals surface area contributed by atoms with E-state index in [2.05, 4.69) is 24.3 Å². The number of amides is 1. The topological polar surface area (TPSA) is 56.9 Å². The van der Waals surface area contributed by atoms with Gasteiger partial charge in [-0.1, -0.05) is 30.3 Å². The number of benzene rings is 2. The Balaban J connectivity index is 1.25. The standard InChI is InChI=1S/C24H29N3O4/c28-24(27-12-14-29-15-13-27)23(20-4-2-1-3-5-20)26-10-8-25(9-11-26)17-19-6-7-21-22(16-19)31-18-30-21/h1-7,16,23H,8-15,17-18H2/p+2/t23-/m1/s1. The monoisotopic (exact) mass is 425 g/mol. The predicted molar refractivity (Wildman–Crippen MR) is 114 cm³/mol. The summed E-state index contributed by atoms with van der Waals surface area (Å²) in [5.41, 5.74) is 2.39. The Morgan fingerprint density at radius 2 is 1.68 bits per heavy atom. The lowest BCUT2D eigenvalue weighted by Gasteiger charge is -2.37. The summed E-state index contributed by atoms with van der Waals surface area (Å²) in [4.78, 5) is 18.4. The van der Waals surface area contributed by atoms with Gasteiger partial charge in [-0.3, -0.25) is 4.79 Å². The average molecular weight is 426 g/mol. The van der Waals surface area contributed by atoms with Crippen LogP contribution >= 0.6 is 0 Å². The lowest BCUT2D eigenvalue weighted by atomic mass is 10.0. The van der Waals surface area contributed by atoms with Crippen LogP contribution in [-0.4, -0.2) is 70.1 Å². The van der Waals surface area contributed by atoms with Crippen molar-refractivity contribution in [3.63, 3.8) is 0 Å². The largest absolute Gasteiger partial charge is 0.454 e. The number of quaternary nitrogens is 2. The summed E-state index contributed by atoms with van der Waals surface area (Å²) >= 11 is 0. The molecule has 2 aromatic carbocycles. The first kappa shape index (κ1) is 20.3. The van der Waals surface area contributed by atoms with Crippen molar-refractivity contribution in [2.24, 2.45) is 0 Å². The maximum absolute atomic E-state index is 13.5. The van der Waals surface area contributed by atoms with E-state index in [9.17, 15) is 4.79 Å². The van der Waals surface area contributed by atoms with Crippen molar-refractivity contribution in [3.05, 3.63) is 59.7 Å². The zero-order valence-electron chi connectivity index (χ0n) is 17.8. The van der Waals surface area contributed by atoms with Crippen molar-refractivity contribution in [2.45, 2.75) is 12.6 Å². The Morgan fingerprint density at radius 1 is 0.935 bits per heavy atom. The molecule has 0 aliphatic carbocycles. The van der Waals surface area contributed by atoms with Crippen molar-refractivity contribution in [2.75, 3.05) is 59.3 Å². The normalized spacial score (nSPS) is 24.1. The Bertz CT molecular complexity index is 893. The van der Waals surface area contributed by atoms with Crippen molar-refractivity contribution >= 4 is 5.91 Å². The molecular formula is C24H31N3O4+2. The minimum absolute atomic E-state index is 0.133. The third kappa shape index (κ3) is 4.54. The molecule has 164 valence electrons. The summed E-state index contributed by atoms with van der Waals surface area (Å²) in [6.45, 7) is 7.99. The molecule has 3 heterocycles. The summed E-state index contributed by atoms with van der Waals surface area (Å²) < 4.78 is 16.4. The van der Waals surface area contributed by atoms with Gasteiger partial charge in [0.15, 0.2) is 17.5 Å². The second-order valence-electron chi connectivity index (χ2n) is 8.55. The summed E-state index contributed by atoms with van der Waals surface area (Å²) in [6, 6.07) is 16.4. The van der Waals surface area contributed by atoms with Crippen LogP contribution in [0.4, 0.5) is 0 Å². The molecule has 2 N–H and O–H groups in total. The number of carbonyl (C=O) groups excluding carboxylic acids is 1. The Hall–Kier alpha value is -2.61. The van der Waals surface area contributed by atoms with Crippen LogP contribution in [0.2, 0.25) is 0 Å². The van der Waals surface area contributed by atoms with Gasteiger partial charge in [0, 0.05) is 24.2 Å². The molecule has 3 aliphatic rings. The van der Waals surface area contributed by atoms with Gasteiger partial charge in [-0.05, 0) is 18.2 Å². The van der Waals surface area contributed by atoms with E-state index >= 15 is 0 Å². The maximum atomic E-state index is 13.5. The van der Waals surface area contributed by atoms with E-state index < -0.39 is 0 Å². The van der Waals surface area contributed by atoms with E-state index in [1.165, 1.54) is 10.5 Å². The van der Waals surface area contributed by atoms with Gasteiger partial charge >= 0.3 is 0 Å². The van der Waals surface area contributed by atoms with Gasteiger partial charge in [-0.25, -0.2) is 0 Å². The van der Waals surface area contributed by atoms with Gasteiger partial charge < -0.3 is 28.9 Å². The van der Waals surface area contributed by atoms with E-state index in [1.54, 1.807) is 4.90 Å². The lowest BCUT2D eigenvalue weighted by molar-refractivity contribution is -1.03. The zero-order chi connectivity index (χ0) is 21.0. The number of hydrogen-bond acceptors (Lipinski definition) is 4. The molecule has 31 heavy (non-hydrogen) atoms. The molecule has 2 saturated heterocycles. The number of nitrogens with zero attached hydrogens (tertiary/aromatic N) is 1. The van der Waals surface area contributed by atoms with Crippen LogP contribution in [0.15, 0.2) is 48.5 Å². The van der Waals surface area contributed by atoms with Crippen LogP contribution in [0, 0.1) is 0 Å². The molecule has 2 aromatic rings. The highest BCUT2D eigenvalue weighted by molar-refractivity contribution is 5.82. The first-order chi connectivity index (χ1) is 15.3. The summed E-state index contributed by atoms with van der Waals surface area (Å²) in [5.74, 6) is 1.92. The fourth-order valence-corrected chi connectivity index (χ4v) is 4.89. The number of piperazine rings is 1. The Morgan fingerprint density at radius 3 is 2.45 bits per heavy atom. The van der Waals surface area contributed by atoms with Crippen molar-refractivity contribution in [1.29, 1.82) is 0 Å². The molecule has 3 aliphatic heterocycles. The molecule has 7 nitrogen and oxygen atoms in total. The predicted octanol–water partition coefficient (Wildman–Crippen LogP) is -0.701. The van der Waals surface area contributed by atoms with E-state index in [1.807, 2.05) is 29.2 Å². The van der Waals surface area contributed by atoms with E-state index in [0.29, 0.717) is 33.1 Å². The van der Waals surface area contributed by atoms with E-state index in [-0.39, 0.29) is 11.9 Å². The smallest absolute Gasteiger partial charge is 0.285 e. The number of carbonyl (C=O) groups is 1. The van der Waals surface area contributed by atoms with Crippen LogP contribution < -0.4 is 19.3 Å². The zero-order valence-corrected chi connectivity index (χ0v) is 17.8. The molecule has 7 heteroatoms. The molecule has 1 amide bonds. The van der Waals surface area contributed by atoms with Crippen molar-refractivity contribution in [3.8, 4) is 11.5 Å². The van der Waals surface area contributed by atoms with Crippen LogP contribution in [0.1, 0.15) is 17.2 Å². The fourth-order valence-electron chi connectivity index (χ4n) is 4.89. The fraction of sp³-hybridized carbons (Fsp3) is 0.458. The molecule has 1 atom stereocenters. The summed E-state index contributed by atoms with van der Waals surface area (Å²) in [7, 11) is 0. The number of hydrogen-bond donors (Lipinski definition) is 2. The third-order valence-electron chi connectivity index (χ3n) is 6.60. The second-order valence-corrected chi connectivity index (χ2v) is 8.55. The first-order valence-corrected chi connectivity index (χ1v) is 11.3. The highest BCUT2D eigenvalue weighted by Gasteiger charge is 2.38. The van der Waals surface area contributed by atoms with Gasteiger partial charge in [0.05, 0.1) is 13.2 Å². The highest BCUT2D eigenvalue weighted by Crippen LogP contribution is 2.32. The van der Waals surface area contributed by atoms with E-state index in [4.69, 9.17) is 14.2 Å². The SMILES string of the molecule is O=C([C@@H](c1ccccc1)[NH+]1CC[NH+](Cc2ccc3c(c2)OCO3)CC1)N1CCOCC1. The quantitative estimate of drug-likeness (QED) is 0.665. The van der Waals surface area contributed by atoms with E-state index in [0.717, 1.165) is 49.8 Å². The molecule has 2 fully saturated rings. The molecule has 0 radical (unpaired) electrons. The van der Waals surface area contributed by atoms with Crippen LogP contribution in [0.25, 0.3) is 0 Å². The van der Waals surface area contributed by atoms with Crippen LogP contribution in [0.5, 0.6) is 11.5 Å². The highest BCUT2D eigenvalue weighted by atomic mass is 16.7. The van der Waals surface area contributed by atoms with Crippen molar-refractivity contribution in [1.82, 2.24) is 4.90 Å². The number of rotatable bonds is 5. The van der Waals surface area contributed by atoms with Gasteiger partial charge in [0.1, 0.15) is 32.7 Å². The van der Waals surface area contributed by atoms with Crippen molar-refractivity contribution < 1.29 is 28.8 Å². The first-order valence-electron chi connectivity index (χ1n) is 11.3. The number of nitrogens with one attached hydrogen (secondary N) is 2. The maximum Gasteiger partial charge on any atom is 0.285 e. The summed E-state index contributed by atoms with van der Waals surface area (Å²) in [5, 5.41) is 0. The molecule has 0 spiro atoms. The average Bonchev–Trinajstić information content (AvgIpc) is 3.30. The number of morpholine rings is 1. The van der Waals surface area contributed by atoms with Gasteiger partial charge in [0.2, 0.25) is 6.79 Å². The minimum Gasteiger partial charge on any atom is -0.454 e. The second kappa shape index (κ2) is 9.26. The molecule has 0 saturated carbocycles. The number of ether oxygens (including phenoxy) is 3. The molecule has 0 bridgehead atoms. The lowest BCUT2D eigenvalue weighted by Crippen LogP contribution is -3.28. The minimum atomic E-state index is -0.133. The van der Waals surface area contributed by atoms with Gasteiger partial charge in [-0.15, -0.1) is 0 Å². The van der Waals surface area contributed by atoms with Crippen LogP contribution in [-0.2, 0) is 16.1 Å². The molecule has 0 aromatic heterocycles. The molecule has 0 unspecified atom stereocenters. The van der Waals surface area contributed by atoms with Gasteiger partial charge in [0.25, 0.3) is 5.91 Å². The Labute approximate surface area is 183 Å². The molecule has 5 rings (SSSR count). The Kier molecular flexibility index (Phi) is 6.06. The van der Waals surface area contributed by atoms with Crippen LogP contribution in [0.3, 0.4) is 0 Å². The summed E-state index contributed by atoms with van der Waals surface area (Å²) in [6.07, 6.45) is 0. The third-order valence-corrected chi connectivity index (χ3v) is 6.60. The van der Waals surface area contributed by atoms with Gasteiger partial charge in [-0.2, -0.15) is 0 Å².